The summed E-state index contributed by atoms with van der Waals surface area (Å²) in [5, 5.41) is 2.19. The van der Waals surface area contributed by atoms with E-state index < -0.39 is 0 Å². The number of thiophene rings is 1. The Morgan fingerprint density at radius 3 is 2.76 bits per heavy atom. The van der Waals surface area contributed by atoms with Crippen molar-refractivity contribution in [3.8, 4) is 0 Å². The molecule has 1 saturated heterocycles. The predicted molar refractivity (Wildman–Crippen MR) is 75.3 cm³/mol. The molecular formula is C14H24N2S. The van der Waals surface area contributed by atoms with Crippen molar-refractivity contribution in [2.75, 3.05) is 19.6 Å². The van der Waals surface area contributed by atoms with E-state index >= 15 is 0 Å². The van der Waals surface area contributed by atoms with Gasteiger partial charge in [-0.25, -0.2) is 0 Å². The third kappa shape index (κ3) is 3.30. The molecule has 1 aliphatic rings. The van der Waals surface area contributed by atoms with Crippen LogP contribution in [0.3, 0.4) is 0 Å². The molecule has 1 fully saturated rings. The fourth-order valence-electron chi connectivity index (χ4n) is 2.91. The summed E-state index contributed by atoms with van der Waals surface area (Å²) >= 11 is 1.90. The maximum Gasteiger partial charge on any atom is 0.0438 e. The van der Waals surface area contributed by atoms with Gasteiger partial charge in [-0.15, -0.1) is 11.3 Å². The lowest BCUT2D eigenvalue weighted by Crippen LogP contribution is -2.36. The first kappa shape index (κ1) is 13.1. The zero-order valence-electron chi connectivity index (χ0n) is 10.8. The Morgan fingerprint density at radius 1 is 1.47 bits per heavy atom. The number of rotatable bonds is 5. The first-order valence-electron chi connectivity index (χ1n) is 6.82. The van der Waals surface area contributed by atoms with Crippen molar-refractivity contribution in [3.05, 3.63) is 22.4 Å². The lowest BCUT2D eigenvalue weighted by molar-refractivity contribution is 0.128. The summed E-state index contributed by atoms with van der Waals surface area (Å²) in [6, 6.07) is 5.10. The summed E-state index contributed by atoms with van der Waals surface area (Å²) in [5.74, 6) is 0.872. The minimum absolute atomic E-state index is 0.647. The largest absolute Gasteiger partial charge is 0.330 e. The number of nitrogens with zero attached hydrogens (tertiary/aromatic N) is 1. The van der Waals surface area contributed by atoms with Gasteiger partial charge in [0.15, 0.2) is 0 Å². The van der Waals surface area contributed by atoms with Crippen LogP contribution in [0.25, 0.3) is 0 Å². The molecule has 3 heteroatoms. The molecule has 0 spiro atoms. The van der Waals surface area contributed by atoms with E-state index in [0.29, 0.717) is 6.04 Å². The van der Waals surface area contributed by atoms with Crippen LogP contribution in [0.4, 0.5) is 0 Å². The lowest BCUT2D eigenvalue weighted by Gasteiger charge is -2.36. The Bertz CT molecular complexity index is 302. The minimum atomic E-state index is 0.647. The van der Waals surface area contributed by atoms with Gasteiger partial charge < -0.3 is 5.73 Å². The number of likely N-dealkylation sites (tertiary alicyclic amines) is 1. The number of hydrogen-bond acceptors (Lipinski definition) is 3. The van der Waals surface area contributed by atoms with Gasteiger partial charge in [0.05, 0.1) is 0 Å². The van der Waals surface area contributed by atoms with E-state index in [-0.39, 0.29) is 0 Å². The molecule has 1 atom stereocenters. The van der Waals surface area contributed by atoms with Crippen LogP contribution in [0.1, 0.15) is 43.5 Å². The van der Waals surface area contributed by atoms with Crippen LogP contribution in [0.2, 0.25) is 0 Å². The zero-order valence-corrected chi connectivity index (χ0v) is 11.6. The maximum absolute atomic E-state index is 5.65. The molecule has 1 aliphatic heterocycles. The third-order valence-corrected chi connectivity index (χ3v) is 4.90. The monoisotopic (exact) mass is 252 g/mol. The molecule has 96 valence electrons. The van der Waals surface area contributed by atoms with Gasteiger partial charge in [-0.2, -0.15) is 0 Å². The summed E-state index contributed by atoms with van der Waals surface area (Å²) < 4.78 is 0. The molecule has 2 rings (SSSR count). The normalized spacial score (nSPS) is 20.6. The Kier molecular flexibility index (Phi) is 5.01. The summed E-state index contributed by atoms with van der Waals surface area (Å²) in [6.07, 6.45) is 5.10. The predicted octanol–water partition coefficient (Wildman–Crippen LogP) is 3.26. The lowest BCUT2D eigenvalue weighted by atomic mass is 9.92. The van der Waals surface area contributed by atoms with Gasteiger partial charge >= 0.3 is 0 Å². The molecule has 0 aromatic carbocycles. The fourth-order valence-corrected chi connectivity index (χ4v) is 3.85. The summed E-state index contributed by atoms with van der Waals surface area (Å²) in [7, 11) is 0. The van der Waals surface area contributed by atoms with Crippen LogP contribution < -0.4 is 5.73 Å². The Hall–Kier alpha value is -0.380. The standard InChI is InChI=1S/C14H24N2S/c1-2-13(14-4-3-11-17-14)16-9-6-12(5-8-15)7-10-16/h3-4,11-13H,2,5-10,15H2,1H3. The highest BCUT2D eigenvalue weighted by Crippen LogP contribution is 2.32. The van der Waals surface area contributed by atoms with Crippen molar-refractivity contribution in [3.63, 3.8) is 0 Å². The van der Waals surface area contributed by atoms with E-state index in [1.54, 1.807) is 0 Å². The summed E-state index contributed by atoms with van der Waals surface area (Å²) in [4.78, 5) is 4.20. The highest BCUT2D eigenvalue weighted by Gasteiger charge is 2.25. The number of piperidine rings is 1. The van der Waals surface area contributed by atoms with E-state index in [1.807, 2.05) is 11.3 Å². The van der Waals surface area contributed by atoms with Gasteiger partial charge in [-0.3, -0.25) is 4.90 Å². The number of nitrogens with two attached hydrogens (primary N) is 1. The second kappa shape index (κ2) is 6.53. The molecule has 1 aromatic rings. The topological polar surface area (TPSA) is 29.3 Å². The summed E-state index contributed by atoms with van der Waals surface area (Å²) in [5.41, 5.74) is 5.65. The SMILES string of the molecule is CCC(c1cccs1)N1CCC(CCN)CC1. The van der Waals surface area contributed by atoms with Crippen molar-refractivity contribution >= 4 is 11.3 Å². The van der Waals surface area contributed by atoms with Crippen molar-refractivity contribution in [1.29, 1.82) is 0 Å². The summed E-state index contributed by atoms with van der Waals surface area (Å²) in [6.45, 7) is 5.66. The van der Waals surface area contributed by atoms with Crippen molar-refractivity contribution < 1.29 is 0 Å². The highest BCUT2D eigenvalue weighted by molar-refractivity contribution is 7.10. The van der Waals surface area contributed by atoms with Gasteiger partial charge in [-0.05, 0) is 62.7 Å². The van der Waals surface area contributed by atoms with Gasteiger partial charge in [-0.1, -0.05) is 13.0 Å². The molecule has 0 radical (unpaired) electrons. The molecule has 1 unspecified atom stereocenters. The van der Waals surface area contributed by atoms with Crippen LogP contribution in [0.5, 0.6) is 0 Å². The first-order valence-corrected chi connectivity index (χ1v) is 7.70. The van der Waals surface area contributed by atoms with Crippen molar-refractivity contribution in [1.82, 2.24) is 4.90 Å². The van der Waals surface area contributed by atoms with Crippen molar-refractivity contribution in [2.24, 2.45) is 11.7 Å². The first-order chi connectivity index (χ1) is 8.35. The van der Waals surface area contributed by atoms with Crippen LogP contribution in [-0.4, -0.2) is 24.5 Å². The second-order valence-electron chi connectivity index (χ2n) is 5.00. The fraction of sp³-hybridized carbons (Fsp3) is 0.714. The van der Waals surface area contributed by atoms with E-state index in [1.165, 1.54) is 43.6 Å². The van der Waals surface area contributed by atoms with Crippen LogP contribution in [-0.2, 0) is 0 Å². The van der Waals surface area contributed by atoms with Gasteiger partial charge in [0.2, 0.25) is 0 Å². The molecule has 0 amide bonds. The molecule has 2 heterocycles. The third-order valence-electron chi connectivity index (χ3n) is 3.92. The molecule has 1 aromatic heterocycles. The molecule has 2 N–H and O–H groups in total. The smallest absolute Gasteiger partial charge is 0.0438 e. The van der Waals surface area contributed by atoms with E-state index in [9.17, 15) is 0 Å². The van der Waals surface area contributed by atoms with E-state index in [0.717, 1.165) is 12.5 Å². The minimum Gasteiger partial charge on any atom is -0.330 e. The van der Waals surface area contributed by atoms with Gasteiger partial charge in [0.25, 0.3) is 0 Å². The second-order valence-corrected chi connectivity index (χ2v) is 5.98. The quantitative estimate of drug-likeness (QED) is 0.871. The maximum atomic E-state index is 5.65. The average Bonchev–Trinajstić information content (AvgIpc) is 2.86. The average molecular weight is 252 g/mol. The Morgan fingerprint density at radius 2 is 2.24 bits per heavy atom. The van der Waals surface area contributed by atoms with Crippen LogP contribution in [0, 0.1) is 5.92 Å². The molecule has 0 saturated carbocycles. The van der Waals surface area contributed by atoms with Crippen LogP contribution >= 0.6 is 11.3 Å². The van der Waals surface area contributed by atoms with Gasteiger partial charge in [0.1, 0.15) is 0 Å². The van der Waals surface area contributed by atoms with E-state index in [4.69, 9.17) is 5.73 Å². The number of hydrogen-bond donors (Lipinski definition) is 1. The van der Waals surface area contributed by atoms with Gasteiger partial charge in [0, 0.05) is 10.9 Å². The Labute approximate surface area is 109 Å². The molecule has 17 heavy (non-hydrogen) atoms. The van der Waals surface area contributed by atoms with E-state index in [2.05, 4.69) is 29.3 Å². The highest BCUT2D eigenvalue weighted by atomic mass is 32.1. The molecule has 0 aliphatic carbocycles. The molecule has 0 bridgehead atoms. The Balaban J connectivity index is 1.90. The molecule has 2 nitrogen and oxygen atoms in total. The van der Waals surface area contributed by atoms with Crippen LogP contribution in [0.15, 0.2) is 17.5 Å². The zero-order chi connectivity index (χ0) is 12.1. The molecular weight excluding hydrogens is 228 g/mol. The van der Waals surface area contributed by atoms with Crippen molar-refractivity contribution in [2.45, 2.75) is 38.6 Å².